The van der Waals surface area contributed by atoms with Gasteiger partial charge in [0.15, 0.2) is 0 Å². The Morgan fingerprint density at radius 2 is 1.84 bits per heavy atom. The highest BCUT2D eigenvalue weighted by molar-refractivity contribution is 7.92. The molecule has 0 aliphatic heterocycles. The fourth-order valence-corrected chi connectivity index (χ4v) is 5.07. The number of hydrogen-bond acceptors (Lipinski definition) is 6. The highest BCUT2D eigenvalue weighted by atomic mass is 35.5. The van der Waals surface area contributed by atoms with Gasteiger partial charge in [-0.3, -0.25) is 9.52 Å². The van der Waals surface area contributed by atoms with Gasteiger partial charge in [0.05, 0.1) is 36.4 Å². The van der Waals surface area contributed by atoms with Gasteiger partial charge in [-0.25, -0.2) is 8.42 Å². The largest absolute Gasteiger partial charge is 0.495 e. The maximum Gasteiger partial charge on any atom is 0.262 e. The van der Waals surface area contributed by atoms with E-state index in [1.54, 1.807) is 19.1 Å². The Hall–Kier alpha value is -2.75. The number of aryl methyl sites for hydroxylation is 1. The summed E-state index contributed by atoms with van der Waals surface area (Å²) in [4.78, 5) is 13.5. The molecule has 3 aromatic rings. The number of anilines is 1. The highest BCUT2D eigenvalue weighted by Gasteiger charge is 2.22. The van der Waals surface area contributed by atoms with Gasteiger partial charge in [0.1, 0.15) is 11.5 Å². The molecule has 0 fully saturated rings. The van der Waals surface area contributed by atoms with Crippen molar-refractivity contribution in [2.45, 2.75) is 18.4 Å². The lowest BCUT2D eigenvalue weighted by Crippen LogP contribution is -2.23. The predicted octanol–water partition coefficient (Wildman–Crippen LogP) is 4.46. The molecule has 1 aromatic heterocycles. The second-order valence-electron chi connectivity index (χ2n) is 6.53. The van der Waals surface area contributed by atoms with Gasteiger partial charge in [-0.2, -0.15) is 0 Å². The van der Waals surface area contributed by atoms with E-state index in [1.165, 1.54) is 43.8 Å². The summed E-state index contributed by atoms with van der Waals surface area (Å²) in [6.45, 7) is 2.02. The van der Waals surface area contributed by atoms with Crippen molar-refractivity contribution in [3.63, 3.8) is 0 Å². The average molecular weight is 481 g/mol. The van der Waals surface area contributed by atoms with Gasteiger partial charge in [-0.1, -0.05) is 23.7 Å². The summed E-state index contributed by atoms with van der Waals surface area (Å²) in [6, 6.07) is 11.2. The Balaban J connectivity index is 1.88. The fourth-order valence-electron chi connectivity index (χ4n) is 2.85. The van der Waals surface area contributed by atoms with E-state index in [2.05, 4.69) is 10.0 Å². The van der Waals surface area contributed by atoms with Crippen LogP contribution in [0.2, 0.25) is 5.02 Å². The fraction of sp³-hybridized carbons (Fsp3) is 0.190. The lowest BCUT2D eigenvalue weighted by atomic mass is 10.1. The zero-order valence-electron chi connectivity index (χ0n) is 17.1. The van der Waals surface area contributed by atoms with Crippen molar-refractivity contribution in [2.75, 3.05) is 18.9 Å². The number of sulfonamides is 1. The van der Waals surface area contributed by atoms with Crippen molar-refractivity contribution in [3.05, 3.63) is 68.9 Å². The summed E-state index contributed by atoms with van der Waals surface area (Å²) < 4.78 is 39.1. The lowest BCUT2D eigenvalue weighted by molar-refractivity contribution is 0.0951. The summed E-state index contributed by atoms with van der Waals surface area (Å²) in [6.07, 6.45) is 0. The Kier molecular flexibility index (Phi) is 7.09. The van der Waals surface area contributed by atoms with Gasteiger partial charge in [0.25, 0.3) is 15.9 Å². The molecule has 3 rings (SSSR count). The summed E-state index contributed by atoms with van der Waals surface area (Å²) in [7, 11) is -1.18. The number of amides is 1. The van der Waals surface area contributed by atoms with Crippen LogP contribution in [0.1, 0.15) is 20.8 Å². The number of thiophene rings is 1. The zero-order chi connectivity index (χ0) is 22.6. The van der Waals surface area contributed by atoms with Crippen LogP contribution in [0.15, 0.2) is 52.7 Å². The maximum absolute atomic E-state index is 13.1. The lowest BCUT2D eigenvalue weighted by Gasteiger charge is -2.16. The molecule has 31 heavy (non-hydrogen) atoms. The van der Waals surface area contributed by atoms with Gasteiger partial charge < -0.3 is 14.8 Å². The number of carbonyl (C=O) groups is 1. The predicted molar refractivity (Wildman–Crippen MR) is 122 cm³/mol. The molecule has 2 N–H and O–H groups in total. The molecule has 1 amide bonds. The Bertz CT molecular complexity index is 1190. The minimum absolute atomic E-state index is 0.0229. The Morgan fingerprint density at radius 3 is 2.48 bits per heavy atom. The van der Waals surface area contributed by atoms with Gasteiger partial charge >= 0.3 is 0 Å². The molecule has 0 saturated carbocycles. The second-order valence-corrected chi connectivity index (χ2v) is 9.63. The minimum Gasteiger partial charge on any atom is -0.495 e. The van der Waals surface area contributed by atoms with E-state index in [1.807, 2.05) is 17.5 Å². The van der Waals surface area contributed by atoms with Gasteiger partial charge in [-0.15, -0.1) is 11.3 Å². The third-order valence-corrected chi connectivity index (χ3v) is 7.14. The van der Waals surface area contributed by atoms with Gasteiger partial charge in [0, 0.05) is 16.5 Å². The van der Waals surface area contributed by atoms with E-state index < -0.39 is 10.0 Å². The first-order valence-electron chi connectivity index (χ1n) is 9.10. The molecule has 0 aliphatic rings. The van der Waals surface area contributed by atoms with E-state index in [9.17, 15) is 13.2 Å². The average Bonchev–Trinajstić information content (AvgIpc) is 3.26. The number of benzene rings is 2. The molecule has 164 valence electrons. The molecule has 7 nitrogen and oxygen atoms in total. The first-order chi connectivity index (χ1) is 14.7. The van der Waals surface area contributed by atoms with Crippen LogP contribution in [0.5, 0.6) is 11.5 Å². The normalized spacial score (nSPS) is 11.1. The number of rotatable bonds is 8. The minimum atomic E-state index is -4.03. The summed E-state index contributed by atoms with van der Waals surface area (Å²) in [5.41, 5.74) is 0.878. The Morgan fingerprint density at radius 1 is 1.10 bits per heavy atom. The number of ether oxygens (including phenoxy) is 2. The van der Waals surface area contributed by atoms with Crippen molar-refractivity contribution in [3.8, 4) is 11.5 Å². The first kappa shape index (κ1) is 22.9. The van der Waals surface area contributed by atoms with Crippen LogP contribution in [0.25, 0.3) is 0 Å². The smallest absolute Gasteiger partial charge is 0.262 e. The third kappa shape index (κ3) is 5.30. The Labute approximate surface area is 190 Å². The number of hydrogen-bond donors (Lipinski definition) is 2. The van der Waals surface area contributed by atoms with Gasteiger partial charge in [-0.05, 0) is 42.1 Å². The number of carbonyl (C=O) groups excluding carboxylic acids is 1. The molecule has 0 aliphatic carbocycles. The van der Waals surface area contributed by atoms with Crippen LogP contribution < -0.4 is 19.5 Å². The standard InChI is InChI=1S/C21H21ClN2O5S2/c1-13-6-7-14(21(25)23-12-15-5-4-8-30-15)9-20(13)31(26,27)24-17-10-16(22)18(28-2)11-19(17)29-3/h4-11,24H,12H2,1-3H3,(H,23,25). The molecule has 2 aromatic carbocycles. The third-order valence-electron chi connectivity index (χ3n) is 4.46. The number of nitrogens with one attached hydrogen (secondary N) is 2. The molecule has 0 spiro atoms. The molecule has 10 heteroatoms. The topological polar surface area (TPSA) is 93.7 Å². The van der Waals surface area contributed by atoms with Crippen LogP contribution in [0.4, 0.5) is 5.69 Å². The van der Waals surface area contributed by atoms with Crippen LogP contribution in [0.3, 0.4) is 0 Å². The van der Waals surface area contributed by atoms with E-state index in [0.717, 1.165) is 4.88 Å². The molecular weight excluding hydrogens is 460 g/mol. The molecule has 0 atom stereocenters. The van der Waals surface area contributed by atoms with Crippen molar-refractivity contribution in [1.82, 2.24) is 5.32 Å². The van der Waals surface area contributed by atoms with E-state index >= 15 is 0 Å². The number of halogens is 1. The molecule has 1 heterocycles. The molecule has 0 saturated heterocycles. The highest BCUT2D eigenvalue weighted by Crippen LogP contribution is 2.37. The number of methoxy groups -OCH3 is 2. The van der Waals surface area contributed by atoms with Crippen LogP contribution >= 0.6 is 22.9 Å². The molecule has 0 bridgehead atoms. The maximum atomic E-state index is 13.1. The summed E-state index contributed by atoms with van der Waals surface area (Å²) in [5.74, 6) is 0.226. The van der Waals surface area contributed by atoms with Crippen LogP contribution in [-0.4, -0.2) is 28.5 Å². The van der Waals surface area contributed by atoms with Crippen molar-refractivity contribution in [1.29, 1.82) is 0 Å². The molecule has 0 unspecified atom stereocenters. The van der Waals surface area contributed by atoms with Crippen LogP contribution in [0, 0.1) is 6.92 Å². The molecule has 0 radical (unpaired) electrons. The van der Waals surface area contributed by atoms with E-state index in [0.29, 0.717) is 17.9 Å². The van der Waals surface area contributed by atoms with Crippen molar-refractivity contribution >= 4 is 44.6 Å². The van der Waals surface area contributed by atoms with E-state index in [-0.39, 0.29) is 32.8 Å². The quantitative estimate of drug-likeness (QED) is 0.496. The van der Waals surface area contributed by atoms with Gasteiger partial charge in [0.2, 0.25) is 0 Å². The van der Waals surface area contributed by atoms with Crippen molar-refractivity contribution < 1.29 is 22.7 Å². The van der Waals surface area contributed by atoms with E-state index in [4.69, 9.17) is 21.1 Å². The van der Waals surface area contributed by atoms with Crippen LogP contribution in [-0.2, 0) is 16.6 Å². The summed E-state index contributed by atoms with van der Waals surface area (Å²) in [5, 5.41) is 4.93. The zero-order valence-corrected chi connectivity index (χ0v) is 19.5. The summed E-state index contributed by atoms with van der Waals surface area (Å²) >= 11 is 7.67. The second kappa shape index (κ2) is 9.59. The van der Waals surface area contributed by atoms with Crippen molar-refractivity contribution in [2.24, 2.45) is 0 Å². The monoisotopic (exact) mass is 480 g/mol. The molecular formula is C21H21ClN2O5S2. The SMILES string of the molecule is COc1cc(OC)c(NS(=O)(=O)c2cc(C(=O)NCc3cccs3)ccc2C)cc1Cl. The first-order valence-corrected chi connectivity index (χ1v) is 11.8.